The first-order valence-electron chi connectivity index (χ1n) is 2.85. The third-order valence-corrected chi connectivity index (χ3v) is 1.32. The molecule has 0 spiro atoms. The first-order chi connectivity index (χ1) is 4.09. The molecule has 3 N–H and O–H groups in total. The monoisotopic (exact) mass is 127 g/mol. The Bertz CT molecular complexity index is 120. The highest BCUT2D eigenvalue weighted by molar-refractivity contribution is 5.00. The fraction of sp³-hybridized carbons (Fsp3) is 0.429. The van der Waals surface area contributed by atoms with Gasteiger partial charge in [0.1, 0.15) is 5.76 Å². The molecule has 0 heterocycles. The van der Waals surface area contributed by atoms with E-state index in [2.05, 4.69) is 13.2 Å². The van der Waals surface area contributed by atoms with Gasteiger partial charge in [0, 0.05) is 0 Å². The maximum atomic E-state index is 8.76. The van der Waals surface area contributed by atoms with E-state index in [1.54, 1.807) is 6.08 Å². The summed E-state index contributed by atoms with van der Waals surface area (Å²) in [4.78, 5) is 0. The number of hydrogen-bond donors (Lipinski definition) is 2. The molecule has 0 fully saturated rings. The fourth-order valence-corrected chi connectivity index (χ4v) is 0.450. The third-order valence-electron chi connectivity index (χ3n) is 1.32. The van der Waals surface area contributed by atoms with Gasteiger partial charge < -0.3 is 10.8 Å². The van der Waals surface area contributed by atoms with Crippen LogP contribution >= 0.6 is 0 Å². The smallest absolute Gasteiger partial charge is 0.102 e. The molecule has 0 rings (SSSR count). The SMILES string of the molecule is C=C[C@H](C)[C@H](N)C(=C)O. The van der Waals surface area contributed by atoms with Crippen molar-refractivity contribution in [1.29, 1.82) is 0 Å². The maximum absolute atomic E-state index is 8.76. The molecule has 0 aliphatic rings. The van der Waals surface area contributed by atoms with Gasteiger partial charge in [-0.3, -0.25) is 0 Å². The molecule has 0 aromatic rings. The Morgan fingerprint density at radius 3 is 2.33 bits per heavy atom. The van der Waals surface area contributed by atoms with Gasteiger partial charge in [0.25, 0.3) is 0 Å². The Kier molecular flexibility index (Phi) is 3.02. The Labute approximate surface area is 55.7 Å². The van der Waals surface area contributed by atoms with E-state index in [-0.39, 0.29) is 17.7 Å². The molecule has 0 aromatic heterocycles. The lowest BCUT2D eigenvalue weighted by Crippen LogP contribution is -2.28. The van der Waals surface area contributed by atoms with Crippen LogP contribution in [0.25, 0.3) is 0 Å². The van der Waals surface area contributed by atoms with E-state index in [0.717, 1.165) is 0 Å². The number of hydrogen-bond acceptors (Lipinski definition) is 2. The lowest BCUT2D eigenvalue weighted by Gasteiger charge is -2.13. The summed E-state index contributed by atoms with van der Waals surface area (Å²) in [7, 11) is 0. The predicted molar refractivity (Wildman–Crippen MR) is 39.1 cm³/mol. The molecule has 0 unspecified atom stereocenters. The van der Waals surface area contributed by atoms with Gasteiger partial charge in [-0.25, -0.2) is 0 Å². The van der Waals surface area contributed by atoms with Gasteiger partial charge in [-0.1, -0.05) is 19.6 Å². The van der Waals surface area contributed by atoms with Crippen molar-refractivity contribution < 1.29 is 5.11 Å². The van der Waals surface area contributed by atoms with Gasteiger partial charge in [0.05, 0.1) is 6.04 Å². The summed E-state index contributed by atoms with van der Waals surface area (Å²) in [6, 6.07) is -0.373. The van der Waals surface area contributed by atoms with Crippen LogP contribution in [0.5, 0.6) is 0 Å². The zero-order chi connectivity index (χ0) is 7.44. The van der Waals surface area contributed by atoms with Crippen molar-refractivity contribution in [1.82, 2.24) is 0 Å². The lowest BCUT2D eigenvalue weighted by molar-refractivity contribution is 0.346. The molecule has 0 saturated heterocycles. The van der Waals surface area contributed by atoms with Crippen LogP contribution in [-0.2, 0) is 0 Å². The minimum absolute atomic E-state index is 0.0161. The van der Waals surface area contributed by atoms with Crippen LogP contribution in [0.1, 0.15) is 6.92 Å². The minimum atomic E-state index is -0.373. The number of rotatable bonds is 3. The standard InChI is InChI=1S/C7H13NO/c1-4-5(2)7(8)6(3)9/h4-5,7,9H,1,3,8H2,2H3/t5-,7-/m0/s1. The molecular weight excluding hydrogens is 114 g/mol. The van der Waals surface area contributed by atoms with E-state index in [1.165, 1.54) is 0 Å². The van der Waals surface area contributed by atoms with Crippen LogP contribution in [0.4, 0.5) is 0 Å². The molecule has 2 atom stereocenters. The number of aliphatic hydroxyl groups is 1. The summed E-state index contributed by atoms with van der Waals surface area (Å²) in [5.41, 5.74) is 5.45. The molecule has 0 aliphatic heterocycles. The van der Waals surface area contributed by atoms with Crippen LogP contribution in [0.3, 0.4) is 0 Å². The summed E-state index contributed by atoms with van der Waals surface area (Å²) in [6.45, 7) is 8.71. The van der Waals surface area contributed by atoms with Gasteiger partial charge in [0.2, 0.25) is 0 Å². The molecule has 0 aliphatic carbocycles. The molecule has 0 bridgehead atoms. The summed E-state index contributed by atoms with van der Waals surface area (Å²) in [5, 5.41) is 8.76. The normalized spacial score (nSPS) is 16.2. The summed E-state index contributed by atoms with van der Waals surface area (Å²) in [6.07, 6.45) is 1.69. The molecule has 0 aromatic carbocycles. The number of nitrogens with two attached hydrogens (primary N) is 1. The molecular formula is C7H13NO. The second-order valence-electron chi connectivity index (χ2n) is 2.11. The Morgan fingerprint density at radius 2 is 2.22 bits per heavy atom. The molecule has 0 radical (unpaired) electrons. The summed E-state index contributed by atoms with van der Waals surface area (Å²) < 4.78 is 0. The van der Waals surface area contributed by atoms with Crippen molar-refractivity contribution >= 4 is 0 Å². The van der Waals surface area contributed by atoms with Gasteiger partial charge in [-0.2, -0.15) is 0 Å². The average molecular weight is 127 g/mol. The van der Waals surface area contributed by atoms with E-state index in [0.29, 0.717) is 0 Å². The van der Waals surface area contributed by atoms with Gasteiger partial charge in [0.15, 0.2) is 0 Å². The quantitative estimate of drug-likeness (QED) is 0.442. The Morgan fingerprint density at radius 1 is 1.78 bits per heavy atom. The molecule has 2 heteroatoms. The molecule has 9 heavy (non-hydrogen) atoms. The molecule has 52 valence electrons. The van der Waals surface area contributed by atoms with Crippen molar-refractivity contribution in [2.75, 3.05) is 0 Å². The van der Waals surface area contributed by atoms with Crippen LogP contribution in [0.15, 0.2) is 25.0 Å². The minimum Gasteiger partial charge on any atom is -0.511 e. The predicted octanol–water partition coefficient (Wildman–Crippen LogP) is 1.21. The van der Waals surface area contributed by atoms with Crippen LogP contribution in [0.2, 0.25) is 0 Å². The molecule has 0 saturated carbocycles. The van der Waals surface area contributed by atoms with E-state index < -0.39 is 0 Å². The Hall–Kier alpha value is -0.760. The second kappa shape index (κ2) is 3.30. The zero-order valence-electron chi connectivity index (χ0n) is 5.67. The first-order valence-corrected chi connectivity index (χ1v) is 2.85. The van der Waals surface area contributed by atoms with Crippen LogP contribution < -0.4 is 5.73 Å². The van der Waals surface area contributed by atoms with E-state index in [4.69, 9.17) is 10.8 Å². The van der Waals surface area contributed by atoms with E-state index >= 15 is 0 Å². The van der Waals surface area contributed by atoms with Gasteiger partial charge >= 0.3 is 0 Å². The van der Waals surface area contributed by atoms with Crippen molar-refractivity contribution in [3.8, 4) is 0 Å². The van der Waals surface area contributed by atoms with Crippen molar-refractivity contribution in [2.45, 2.75) is 13.0 Å². The Balaban J connectivity index is 3.86. The second-order valence-corrected chi connectivity index (χ2v) is 2.11. The summed E-state index contributed by atoms with van der Waals surface area (Å²) in [5.74, 6) is 0.102. The molecule has 0 amide bonds. The third kappa shape index (κ3) is 2.33. The zero-order valence-corrected chi connectivity index (χ0v) is 5.67. The summed E-state index contributed by atoms with van der Waals surface area (Å²) >= 11 is 0. The first kappa shape index (κ1) is 8.24. The lowest BCUT2D eigenvalue weighted by atomic mass is 10.0. The van der Waals surface area contributed by atoms with Crippen molar-refractivity contribution in [3.63, 3.8) is 0 Å². The number of aliphatic hydroxyl groups excluding tert-OH is 1. The van der Waals surface area contributed by atoms with Crippen molar-refractivity contribution in [3.05, 3.63) is 25.0 Å². The fourth-order valence-electron chi connectivity index (χ4n) is 0.450. The van der Waals surface area contributed by atoms with Crippen LogP contribution in [0, 0.1) is 5.92 Å². The topological polar surface area (TPSA) is 46.2 Å². The average Bonchev–Trinajstić information content (AvgIpc) is 1.84. The van der Waals surface area contributed by atoms with Crippen LogP contribution in [-0.4, -0.2) is 11.1 Å². The highest BCUT2D eigenvalue weighted by Crippen LogP contribution is 2.05. The van der Waals surface area contributed by atoms with E-state index in [1.807, 2.05) is 6.92 Å². The molecule has 2 nitrogen and oxygen atoms in total. The van der Waals surface area contributed by atoms with Crippen molar-refractivity contribution in [2.24, 2.45) is 11.7 Å². The largest absolute Gasteiger partial charge is 0.511 e. The highest BCUT2D eigenvalue weighted by Gasteiger charge is 2.10. The highest BCUT2D eigenvalue weighted by atomic mass is 16.3. The van der Waals surface area contributed by atoms with Gasteiger partial charge in [-0.15, -0.1) is 6.58 Å². The maximum Gasteiger partial charge on any atom is 0.102 e. The van der Waals surface area contributed by atoms with E-state index in [9.17, 15) is 0 Å². The van der Waals surface area contributed by atoms with Gasteiger partial charge in [-0.05, 0) is 5.92 Å².